The molecule has 0 aliphatic rings. The first kappa shape index (κ1) is 15.0. The molecule has 4 heteroatoms. The van der Waals surface area contributed by atoms with Gasteiger partial charge in [-0.15, -0.1) is 0 Å². The highest BCUT2D eigenvalue weighted by Crippen LogP contribution is 2.26. The Morgan fingerprint density at radius 2 is 1.95 bits per heavy atom. The molecule has 0 amide bonds. The second-order valence-corrected chi connectivity index (χ2v) is 5.93. The average molecular weight is 280 g/mol. The van der Waals surface area contributed by atoms with Crippen molar-refractivity contribution in [3.8, 4) is 17.3 Å². The van der Waals surface area contributed by atoms with Crippen molar-refractivity contribution in [2.75, 3.05) is 11.9 Å². The molecule has 0 fully saturated rings. The SMILES string of the molecule is CCNc1cc(-c2cccc(C#N)c2)nc(C(C)(C)C)n1. The van der Waals surface area contributed by atoms with E-state index in [0.29, 0.717) is 5.56 Å². The highest BCUT2D eigenvalue weighted by molar-refractivity contribution is 5.64. The maximum absolute atomic E-state index is 9.04. The van der Waals surface area contributed by atoms with Crippen molar-refractivity contribution >= 4 is 5.82 Å². The molecule has 1 aromatic carbocycles. The van der Waals surface area contributed by atoms with Crippen molar-refractivity contribution < 1.29 is 0 Å². The van der Waals surface area contributed by atoms with Gasteiger partial charge >= 0.3 is 0 Å². The third-order valence-corrected chi connectivity index (χ3v) is 3.04. The van der Waals surface area contributed by atoms with Gasteiger partial charge in [0, 0.05) is 23.6 Å². The van der Waals surface area contributed by atoms with E-state index in [4.69, 9.17) is 5.26 Å². The van der Waals surface area contributed by atoms with E-state index < -0.39 is 0 Å². The van der Waals surface area contributed by atoms with Gasteiger partial charge in [0.1, 0.15) is 11.6 Å². The van der Waals surface area contributed by atoms with Gasteiger partial charge in [0.25, 0.3) is 0 Å². The molecular weight excluding hydrogens is 260 g/mol. The molecular formula is C17H20N4. The van der Waals surface area contributed by atoms with E-state index in [0.717, 1.165) is 29.4 Å². The second kappa shape index (κ2) is 5.92. The van der Waals surface area contributed by atoms with Gasteiger partial charge in [-0.3, -0.25) is 0 Å². The molecule has 4 nitrogen and oxygen atoms in total. The molecule has 0 bridgehead atoms. The number of nitrogens with zero attached hydrogens (tertiary/aromatic N) is 3. The summed E-state index contributed by atoms with van der Waals surface area (Å²) < 4.78 is 0. The Morgan fingerprint density at radius 3 is 2.57 bits per heavy atom. The molecule has 1 aromatic heterocycles. The normalized spacial score (nSPS) is 11.0. The summed E-state index contributed by atoms with van der Waals surface area (Å²) in [5, 5.41) is 12.3. The van der Waals surface area contributed by atoms with Gasteiger partial charge in [-0.25, -0.2) is 9.97 Å². The van der Waals surface area contributed by atoms with Crippen LogP contribution in [0.25, 0.3) is 11.3 Å². The fourth-order valence-electron chi connectivity index (χ4n) is 1.95. The third-order valence-electron chi connectivity index (χ3n) is 3.04. The van der Waals surface area contributed by atoms with Gasteiger partial charge in [0.2, 0.25) is 0 Å². The minimum Gasteiger partial charge on any atom is -0.370 e. The Balaban J connectivity index is 2.56. The van der Waals surface area contributed by atoms with Crippen LogP contribution in [0.5, 0.6) is 0 Å². The summed E-state index contributed by atoms with van der Waals surface area (Å²) in [4.78, 5) is 9.25. The monoisotopic (exact) mass is 280 g/mol. The van der Waals surface area contributed by atoms with Crippen molar-refractivity contribution in [2.24, 2.45) is 0 Å². The van der Waals surface area contributed by atoms with Crippen LogP contribution < -0.4 is 5.32 Å². The molecule has 0 unspecified atom stereocenters. The van der Waals surface area contributed by atoms with E-state index in [2.05, 4.69) is 42.1 Å². The topological polar surface area (TPSA) is 61.6 Å². The Kier molecular flexibility index (Phi) is 4.23. The zero-order chi connectivity index (χ0) is 15.5. The van der Waals surface area contributed by atoms with Crippen LogP contribution in [0.4, 0.5) is 5.82 Å². The van der Waals surface area contributed by atoms with Gasteiger partial charge in [0.05, 0.1) is 17.3 Å². The molecule has 0 aliphatic heterocycles. The van der Waals surface area contributed by atoms with Crippen molar-refractivity contribution in [3.05, 3.63) is 41.7 Å². The van der Waals surface area contributed by atoms with E-state index >= 15 is 0 Å². The fourth-order valence-corrected chi connectivity index (χ4v) is 1.95. The van der Waals surface area contributed by atoms with Crippen molar-refractivity contribution in [3.63, 3.8) is 0 Å². The fraction of sp³-hybridized carbons (Fsp3) is 0.353. The molecule has 1 N–H and O–H groups in total. The van der Waals surface area contributed by atoms with Gasteiger partial charge in [0.15, 0.2) is 0 Å². The standard InChI is InChI=1S/C17H20N4/c1-5-19-15-10-14(20-16(21-15)17(2,3)4)13-8-6-7-12(9-13)11-18/h6-10H,5H2,1-4H3,(H,19,20,21). The van der Waals surface area contributed by atoms with E-state index in [1.165, 1.54) is 0 Å². The quantitative estimate of drug-likeness (QED) is 0.930. The van der Waals surface area contributed by atoms with E-state index in [1.807, 2.05) is 31.2 Å². The Hall–Kier alpha value is -2.41. The smallest absolute Gasteiger partial charge is 0.136 e. The maximum atomic E-state index is 9.04. The lowest BCUT2D eigenvalue weighted by Crippen LogP contribution is -2.17. The van der Waals surface area contributed by atoms with Crippen LogP contribution >= 0.6 is 0 Å². The summed E-state index contributed by atoms with van der Waals surface area (Å²) in [5.74, 6) is 1.60. The van der Waals surface area contributed by atoms with Crippen LogP contribution in [-0.4, -0.2) is 16.5 Å². The lowest BCUT2D eigenvalue weighted by atomic mass is 9.95. The molecule has 0 saturated heterocycles. The van der Waals surface area contributed by atoms with Crippen molar-refractivity contribution in [1.82, 2.24) is 9.97 Å². The zero-order valence-electron chi connectivity index (χ0n) is 12.9. The van der Waals surface area contributed by atoms with E-state index in [-0.39, 0.29) is 5.41 Å². The van der Waals surface area contributed by atoms with Crippen molar-refractivity contribution in [2.45, 2.75) is 33.1 Å². The molecule has 0 spiro atoms. The number of nitrogens with one attached hydrogen (secondary N) is 1. The molecule has 0 saturated carbocycles. The summed E-state index contributed by atoms with van der Waals surface area (Å²) in [7, 11) is 0. The first-order valence-corrected chi connectivity index (χ1v) is 7.08. The second-order valence-electron chi connectivity index (χ2n) is 5.93. The first-order valence-electron chi connectivity index (χ1n) is 7.08. The van der Waals surface area contributed by atoms with E-state index in [9.17, 15) is 0 Å². The van der Waals surface area contributed by atoms with Gasteiger partial charge in [-0.1, -0.05) is 32.9 Å². The summed E-state index contributed by atoms with van der Waals surface area (Å²) in [6.07, 6.45) is 0. The molecule has 2 rings (SSSR count). The number of anilines is 1. The zero-order valence-corrected chi connectivity index (χ0v) is 12.9. The summed E-state index contributed by atoms with van der Waals surface area (Å²) in [6.45, 7) is 9.11. The number of hydrogen-bond donors (Lipinski definition) is 1. The molecule has 21 heavy (non-hydrogen) atoms. The van der Waals surface area contributed by atoms with Crippen LogP contribution in [-0.2, 0) is 5.41 Å². The molecule has 0 atom stereocenters. The number of nitriles is 1. The lowest BCUT2D eigenvalue weighted by molar-refractivity contribution is 0.546. The summed E-state index contributed by atoms with van der Waals surface area (Å²) in [5.41, 5.74) is 2.27. The molecule has 1 heterocycles. The van der Waals surface area contributed by atoms with Crippen LogP contribution in [0.15, 0.2) is 30.3 Å². The number of aromatic nitrogens is 2. The number of rotatable bonds is 3. The Bertz CT molecular complexity index is 678. The summed E-state index contributed by atoms with van der Waals surface area (Å²) >= 11 is 0. The van der Waals surface area contributed by atoms with E-state index in [1.54, 1.807) is 6.07 Å². The van der Waals surface area contributed by atoms with Crippen LogP contribution in [0.1, 0.15) is 39.1 Å². The van der Waals surface area contributed by atoms with Crippen LogP contribution in [0.2, 0.25) is 0 Å². The predicted octanol–water partition coefficient (Wildman–Crippen LogP) is 3.74. The van der Waals surface area contributed by atoms with Gasteiger partial charge < -0.3 is 5.32 Å². The number of benzene rings is 1. The minimum absolute atomic E-state index is 0.132. The van der Waals surface area contributed by atoms with Crippen LogP contribution in [0, 0.1) is 11.3 Å². The number of hydrogen-bond acceptors (Lipinski definition) is 4. The Morgan fingerprint density at radius 1 is 1.19 bits per heavy atom. The highest BCUT2D eigenvalue weighted by atomic mass is 15.0. The molecule has 0 aliphatic carbocycles. The third kappa shape index (κ3) is 3.57. The molecule has 108 valence electrons. The van der Waals surface area contributed by atoms with Gasteiger partial charge in [-0.05, 0) is 19.1 Å². The van der Waals surface area contributed by atoms with Gasteiger partial charge in [-0.2, -0.15) is 5.26 Å². The Labute approximate surface area is 125 Å². The highest BCUT2D eigenvalue weighted by Gasteiger charge is 2.19. The minimum atomic E-state index is -0.132. The first-order chi connectivity index (χ1) is 9.94. The van der Waals surface area contributed by atoms with Crippen LogP contribution in [0.3, 0.4) is 0 Å². The lowest BCUT2D eigenvalue weighted by Gasteiger charge is -2.19. The maximum Gasteiger partial charge on any atom is 0.136 e. The summed E-state index contributed by atoms with van der Waals surface area (Å²) in [6, 6.07) is 11.6. The largest absolute Gasteiger partial charge is 0.370 e. The average Bonchev–Trinajstić information content (AvgIpc) is 2.46. The molecule has 2 aromatic rings. The molecule has 0 radical (unpaired) electrons. The predicted molar refractivity (Wildman–Crippen MR) is 85.0 cm³/mol. The van der Waals surface area contributed by atoms with Crippen molar-refractivity contribution in [1.29, 1.82) is 5.26 Å².